The Hall–Kier alpha value is -1.84. The molecule has 0 heterocycles. The molecule has 0 aliphatic carbocycles. The molecule has 94 valence electrons. The zero-order valence-corrected chi connectivity index (χ0v) is 10.7. The lowest BCUT2D eigenvalue weighted by Gasteiger charge is -2.19. The van der Waals surface area contributed by atoms with Crippen molar-refractivity contribution in [2.45, 2.75) is 33.1 Å². The number of primary amides is 1. The minimum atomic E-state index is -0.833. The number of hydrogen-bond donors (Lipinski definition) is 2. The van der Waals surface area contributed by atoms with E-state index in [1.54, 1.807) is 6.07 Å². The number of carboxylic acid groups (broad SMARTS) is 1. The van der Waals surface area contributed by atoms with Crippen LogP contribution in [0.4, 0.5) is 0 Å². The summed E-state index contributed by atoms with van der Waals surface area (Å²) in [5.41, 5.74) is 6.95. The summed E-state index contributed by atoms with van der Waals surface area (Å²) < 4.78 is 0. The van der Waals surface area contributed by atoms with E-state index < -0.39 is 5.97 Å². The third kappa shape index (κ3) is 6.35. The quantitative estimate of drug-likeness (QED) is 0.785. The molecule has 17 heavy (non-hydrogen) atoms. The highest BCUT2D eigenvalue weighted by molar-refractivity contribution is 5.92. The van der Waals surface area contributed by atoms with Gasteiger partial charge in [-0.15, -0.1) is 0 Å². The smallest absolute Gasteiger partial charge is 0.300 e. The van der Waals surface area contributed by atoms with Gasteiger partial charge in [-0.05, 0) is 23.1 Å². The zero-order valence-electron chi connectivity index (χ0n) is 10.7. The van der Waals surface area contributed by atoms with Gasteiger partial charge in [0.05, 0.1) is 0 Å². The van der Waals surface area contributed by atoms with Gasteiger partial charge in [0.1, 0.15) is 0 Å². The van der Waals surface area contributed by atoms with Gasteiger partial charge in [0.2, 0.25) is 5.91 Å². The molecule has 1 rings (SSSR count). The molecule has 1 aromatic rings. The first-order chi connectivity index (χ1) is 7.64. The van der Waals surface area contributed by atoms with Crippen molar-refractivity contribution >= 4 is 11.9 Å². The van der Waals surface area contributed by atoms with Crippen molar-refractivity contribution < 1.29 is 14.7 Å². The van der Waals surface area contributed by atoms with E-state index in [9.17, 15) is 4.79 Å². The van der Waals surface area contributed by atoms with Crippen molar-refractivity contribution in [1.29, 1.82) is 0 Å². The van der Waals surface area contributed by atoms with Crippen molar-refractivity contribution in [3.63, 3.8) is 0 Å². The summed E-state index contributed by atoms with van der Waals surface area (Å²) in [6.45, 7) is 7.40. The molecule has 0 aliphatic rings. The summed E-state index contributed by atoms with van der Waals surface area (Å²) in [5, 5.41) is 7.42. The second-order valence-electron chi connectivity index (χ2n) is 4.71. The van der Waals surface area contributed by atoms with Gasteiger partial charge in [0.25, 0.3) is 5.97 Å². The number of carbonyl (C=O) groups excluding carboxylic acids is 1. The first-order valence-electron chi connectivity index (χ1n) is 5.24. The van der Waals surface area contributed by atoms with Gasteiger partial charge in [-0.3, -0.25) is 9.59 Å². The molecule has 1 aromatic carbocycles. The van der Waals surface area contributed by atoms with Crippen LogP contribution in [0.5, 0.6) is 0 Å². The SMILES string of the molecule is CC(=O)O.CC(C)(C)c1cccc(C(N)=O)c1. The van der Waals surface area contributed by atoms with E-state index in [0.717, 1.165) is 12.5 Å². The van der Waals surface area contributed by atoms with E-state index in [-0.39, 0.29) is 11.3 Å². The fraction of sp³-hybridized carbons (Fsp3) is 0.385. The molecule has 1 amide bonds. The van der Waals surface area contributed by atoms with Crippen molar-refractivity contribution in [3.05, 3.63) is 35.4 Å². The Labute approximate surface area is 101 Å². The molecule has 0 aromatic heterocycles. The second-order valence-corrected chi connectivity index (χ2v) is 4.71. The van der Waals surface area contributed by atoms with Gasteiger partial charge in [0, 0.05) is 12.5 Å². The number of carbonyl (C=O) groups is 2. The molecule has 0 unspecified atom stereocenters. The molecule has 0 aliphatic heterocycles. The number of aliphatic carboxylic acids is 1. The van der Waals surface area contributed by atoms with Crippen LogP contribution in [0.1, 0.15) is 43.6 Å². The minimum absolute atomic E-state index is 0.0610. The molecule has 4 heteroatoms. The fourth-order valence-corrected chi connectivity index (χ4v) is 1.14. The molecule has 0 bridgehead atoms. The predicted octanol–water partition coefficient (Wildman–Crippen LogP) is 2.17. The molecular weight excluding hydrogens is 218 g/mol. The third-order valence-electron chi connectivity index (χ3n) is 2.01. The van der Waals surface area contributed by atoms with Gasteiger partial charge < -0.3 is 10.8 Å². The monoisotopic (exact) mass is 237 g/mol. The summed E-state index contributed by atoms with van der Waals surface area (Å²) in [4.78, 5) is 19.9. The van der Waals surface area contributed by atoms with Crippen LogP contribution in [-0.2, 0) is 10.2 Å². The van der Waals surface area contributed by atoms with Crippen LogP contribution in [0.2, 0.25) is 0 Å². The van der Waals surface area contributed by atoms with Gasteiger partial charge in [-0.1, -0.05) is 32.9 Å². The van der Waals surface area contributed by atoms with Crippen LogP contribution in [0.25, 0.3) is 0 Å². The third-order valence-corrected chi connectivity index (χ3v) is 2.01. The highest BCUT2D eigenvalue weighted by Crippen LogP contribution is 2.22. The number of rotatable bonds is 1. The van der Waals surface area contributed by atoms with Crippen molar-refractivity contribution in [1.82, 2.24) is 0 Å². The molecule has 0 radical (unpaired) electrons. The largest absolute Gasteiger partial charge is 0.481 e. The number of amides is 1. The lowest BCUT2D eigenvalue weighted by Crippen LogP contribution is -2.15. The van der Waals surface area contributed by atoms with Crippen LogP contribution < -0.4 is 5.73 Å². The molecule has 4 nitrogen and oxygen atoms in total. The van der Waals surface area contributed by atoms with Gasteiger partial charge in [0.15, 0.2) is 0 Å². The number of hydrogen-bond acceptors (Lipinski definition) is 2. The summed E-state index contributed by atoms with van der Waals surface area (Å²) >= 11 is 0. The first-order valence-corrected chi connectivity index (χ1v) is 5.24. The molecule has 0 saturated heterocycles. The summed E-state index contributed by atoms with van der Waals surface area (Å²) in [5.74, 6) is -1.20. The van der Waals surface area contributed by atoms with Crippen LogP contribution in [0, 0.1) is 0 Å². The Morgan fingerprint density at radius 2 is 1.71 bits per heavy atom. The summed E-state index contributed by atoms with van der Waals surface area (Å²) in [6.07, 6.45) is 0. The Bertz CT molecular complexity index is 401. The topological polar surface area (TPSA) is 80.4 Å². The van der Waals surface area contributed by atoms with Crippen molar-refractivity contribution in [3.8, 4) is 0 Å². The number of benzene rings is 1. The molecule has 0 spiro atoms. The van der Waals surface area contributed by atoms with E-state index in [1.807, 2.05) is 18.2 Å². The van der Waals surface area contributed by atoms with E-state index in [0.29, 0.717) is 5.56 Å². The Morgan fingerprint density at radius 1 is 1.24 bits per heavy atom. The fourth-order valence-electron chi connectivity index (χ4n) is 1.14. The summed E-state index contributed by atoms with van der Waals surface area (Å²) in [7, 11) is 0. The van der Waals surface area contributed by atoms with Crippen LogP contribution in [0.15, 0.2) is 24.3 Å². The standard InChI is InChI=1S/C11H15NO.C2H4O2/c1-11(2,3)9-6-4-5-8(7-9)10(12)13;1-2(3)4/h4-7H,1-3H3,(H2,12,13);1H3,(H,3,4). The van der Waals surface area contributed by atoms with Crippen molar-refractivity contribution in [2.75, 3.05) is 0 Å². The molecule has 0 atom stereocenters. The van der Waals surface area contributed by atoms with Gasteiger partial charge in [-0.25, -0.2) is 0 Å². The molecule has 0 saturated carbocycles. The molecule has 0 fully saturated rings. The Kier molecular flexibility index (Phi) is 5.38. The highest BCUT2D eigenvalue weighted by atomic mass is 16.4. The predicted molar refractivity (Wildman–Crippen MR) is 67.0 cm³/mol. The maximum Gasteiger partial charge on any atom is 0.300 e. The van der Waals surface area contributed by atoms with E-state index in [1.165, 1.54) is 0 Å². The normalized spacial score (nSPS) is 10.1. The Balaban J connectivity index is 0.000000557. The lowest BCUT2D eigenvalue weighted by molar-refractivity contribution is -0.134. The van der Waals surface area contributed by atoms with Gasteiger partial charge in [-0.2, -0.15) is 0 Å². The second kappa shape index (κ2) is 6.03. The Morgan fingerprint density at radius 3 is 2.06 bits per heavy atom. The van der Waals surface area contributed by atoms with E-state index in [2.05, 4.69) is 20.8 Å². The van der Waals surface area contributed by atoms with E-state index in [4.69, 9.17) is 15.6 Å². The minimum Gasteiger partial charge on any atom is -0.481 e. The van der Waals surface area contributed by atoms with Crippen LogP contribution in [0.3, 0.4) is 0 Å². The average Bonchev–Trinajstić information content (AvgIpc) is 2.15. The lowest BCUT2D eigenvalue weighted by atomic mass is 9.86. The molecular formula is C13H19NO3. The van der Waals surface area contributed by atoms with Crippen LogP contribution in [-0.4, -0.2) is 17.0 Å². The zero-order chi connectivity index (χ0) is 13.6. The average molecular weight is 237 g/mol. The number of carboxylic acids is 1. The van der Waals surface area contributed by atoms with Gasteiger partial charge >= 0.3 is 0 Å². The summed E-state index contributed by atoms with van der Waals surface area (Å²) in [6, 6.07) is 7.45. The highest BCUT2D eigenvalue weighted by Gasteiger charge is 2.14. The number of nitrogens with two attached hydrogens (primary N) is 1. The van der Waals surface area contributed by atoms with Crippen molar-refractivity contribution in [2.24, 2.45) is 5.73 Å². The van der Waals surface area contributed by atoms with E-state index >= 15 is 0 Å². The first kappa shape index (κ1) is 15.2. The van der Waals surface area contributed by atoms with Crippen LogP contribution >= 0.6 is 0 Å². The molecule has 3 N–H and O–H groups in total. The maximum atomic E-state index is 10.9. The maximum absolute atomic E-state index is 10.9.